The van der Waals surface area contributed by atoms with Crippen molar-refractivity contribution in [3.63, 3.8) is 0 Å². The van der Waals surface area contributed by atoms with Crippen molar-refractivity contribution >= 4 is 37.3 Å². The van der Waals surface area contributed by atoms with Gasteiger partial charge >= 0.3 is 0 Å². The van der Waals surface area contributed by atoms with Gasteiger partial charge in [-0.05, 0) is 23.0 Å². The first kappa shape index (κ1) is 14.7. The zero-order chi connectivity index (χ0) is 13.9. The highest BCUT2D eigenvalue weighted by atomic mass is 79.9. The number of rotatable bonds is 6. The van der Waals surface area contributed by atoms with E-state index in [1.165, 1.54) is 17.4 Å². The predicted molar refractivity (Wildman–Crippen MR) is 75.3 cm³/mol. The van der Waals surface area contributed by atoms with Crippen LogP contribution in [0, 0.1) is 0 Å². The fourth-order valence-electron chi connectivity index (χ4n) is 1.42. The molecule has 0 aliphatic rings. The van der Waals surface area contributed by atoms with Gasteiger partial charge in [0.25, 0.3) is 0 Å². The summed E-state index contributed by atoms with van der Waals surface area (Å²) in [6.45, 7) is 0.676. The molecule has 0 aromatic carbocycles. The second-order valence-electron chi connectivity index (χ2n) is 3.67. The third-order valence-corrected chi connectivity index (χ3v) is 5.30. The Labute approximate surface area is 123 Å². The number of nitrogens with one attached hydrogen (secondary N) is 2. The second kappa shape index (κ2) is 6.14. The number of nitrogens with zero attached hydrogens (tertiary/aromatic N) is 1. The van der Waals surface area contributed by atoms with Gasteiger partial charge < -0.3 is 9.73 Å². The summed E-state index contributed by atoms with van der Waals surface area (Å²) < 4.78 is 32.3. The van der Waals surface area contributed by atoms with Gasteiger partial charge in [-0.3, -0.25) is 4.98 Å². The first-order valence-electron chi connectivity index (χ1n) is 5.33. The Morgan fingerprint density at radius 1 is 1.47 bits per heavy atom. The highest BCUT2D eigenvalue weighted by Gasteiger charge is 2.22. The Morgan fingerprint density at radius 2 is 2.26 bits per heavy atom. The van der Waals surface area contributed by atoms with Crippen molar-refractivity contribution in [2.75, 3.05) is 7.05 Å². The van der Waals surface area contributed by atoms with Crippen LogP contribution in [0.1, 0.15) is 10.6 Å². The SMILES string of the molecule is CNCc1cc(S(=O)(=O)NCc2cncs2)c(Br)o1. The first-order valence-corrected chi connectivity index (χ1v) is 8.48. The highest BCUT2D eigenvalue weighted by Crippen LogP contribution is 2.26. The van der Waals surface area contributed by atoms with E-state index in [1.54, 1.807) is 18.8 Å². The lowest BCUT2D eigenvalue weighted by Gasteiger charge is -2.02. The maximum atomic E-state index is 12.1. The quantitative estimate of drug-likeness (QED) is 0.813. The first-order chi connectivity index (χ1) is 9.03. The molecule has 2 aromatic rings. The van der Waals surface area contributed by atoms with Crippen LogP contribution in [0.15, 0.2) is 31.8 Å². The van der Waals surface area contributed by atoms with Gasteiger partial charge in [-0.15, -0.1) is 11.3 Å². The van der Waals surface area contributed by atoms with E-state index in [0.29, 0.717) is 12.3 Å². The smallest absolute Gasteiger partial charge is 0.245 e. The molecule has 0 bridgehead atoms. The van der Waals surface area contributed by atoms with E-state index >= 15 is 0 Å². The summed E-state index contributed by atoms with van der Waals surface area (Å²) in [4.78, 5) is 4.83. The molecule has 19 heavy (non-hydrogen) atoms. The number of aromatic nitrogens is 1. The minimum absolute atomic E-state index is 0.0993. The van der Waals surface area contributed by atoms with E-state index in [2.05, 4.69) is 31.0 Å². The molecule has 6 nitrogen and oxygen atoms in total. The fraction of sp³-hybridized carbons (Fsp3) is 0.300. The van der Waals surface area contributed by atoms with Gasteiger partial charge in [-0.25, -0.2) is 13.1 Å². The Balaban J connectivity index is 2.14. The highest BCUT2D eigenvalue weighted by molar-refractivity contribution is 9.10. The number of halogens is 1. The lowest BCUT2D eigenvalue weighted by molar-refractivity contribution is 0.470. The summed E-state index contributed by atoms with van der Waals surface area (Å²) in [5.74, 6) is 0.549. The molecule has 2 N–H and O–H groups in total. The molecule has 0 atom stereocenters. The van der Waals surface area contributed by atoms with Gasteiger partial charge in [0, 0.05) is 23.7 Å². The molecule has 0 amide bonds. The summed E-state index contributed by atoms with van der Waals surface area (Å²) in [5.41, 5.74) is 1.66. The van der Waals surface area contributed by atoms with Crippen LogP contribution in [0.2, 0.25) is 0 Å². The minimum Gasteiger partial charge on any atom is -0.452 e. The van der Waals surface area contributed by atoms with Crippen LogP contribution in [0.25, 0.3) is 0 Å². The zero-order valence-electron chi connectivity index (χ0n) is 10.0. The zero-order valence-corrected chi connectivity index (χ0v) is 13.2. The third kappa shape index (κ3) is 3.63. The van der Waals surface area contributed by atoms with Crippen molar-refractivity contribution in [1.82, 2.24) is 15.0 Å². The molecule has 0 radical (unpaired) electrons. The van der Waals surface area contributed by atoms with Gasteiger partial charge in [-0.1, -0.05) is 0 Å². The lowest BCUT2D eigenvalue weighted by Crippen LogP contribution is -2.22. The van der Waals surface area contributed by atoms with Crippen molar-refractivity contribution in [2.45, 2.75) is 18.0 Å². The molecule has 0 unspecified atom stereocenters. The van der Waals surface area contributed by atoms with Gasteiger partial charge in [0.05, 0.1) is 12.1 Å². The molecule has 0 spiro atoms. The van der Waals surface area contributed by atoms with Crippen molar-refractivity contribution in [1.29, 1.82) is 0 Å². The topological polar surface area (TPSA) is 84.2 Å². The van der Waals surface area contributed by atoms with Crippen LogP contribution < -0.4 is 10.0 Å². The average molecular weight is 366 g/mol. The maximum absolute atomic E-state index is 12.1. The van der Waals surface area contributed by atoms with Crippen LogP contribution in [0.5, 0.6) is 0 Å². The molecule has 0 aliphatic carbocycles. The summed E-state index contributed by atoms with van der Waals surface area (Å²) in [7, 11) is -1.85. The van der Waals surface area contributed by atoms with Crippen molar-refractivity contribution in [2.24, 2.45) is 0 Å². The van der Waals surface area contributed by atoms with Crippen LogP contribution in [-0.4, -0.2) is 20.4 Å². The molecule has 2 aromatic heterocycles. The van der Waals surface area contributed by atoms with E-state index in [9.17, 15) is 8.42 Å². The van der Waals surface area contributed by atoms with Crippen LogP contribution >= 0.6 is 27.3 Å². The van der Waals surface area contributed by atoms with Crippen molar-refractivity contribution in [3.05, 3.63) is 33.1 Å². The van der Waals surface area contributed by atoms with Crippen LogP contribution in [0.3, 0.4) is 0 Å². The number of furan rings is 1. The van der Waals surface area contributed by atoms with Gasteiger partial charge in [0.1, 0.15) is 10.7 Å². The largest absolute Gasteiger partial charge is 0.452 e. The minimum atomic E-state index is -3.60. The fourth-order valence-corrected chi connectivity index (χ4v) is 4.04. The lowest BCUT2D eigenvalue weighted by atomic mass is 10.4. The summed E-state index contributed by atoms with van der Waals surface area (Å²) >= 11 is 4.51. The molecule has 0 aliphatic heterocycles. The summed E-state index contributed by atoms with van der Waals surface area (Å²) in [5, 5.41) is 2.89. The van der Waals surface area contributed by atoms with Gasteiger partial charge in [-0.2, -0.15) is 0 Å². The number of hydrogen-bond acceptors (Lipinski definition) is 6. The number of sulfonamides is 1. The summed E-state index contributed by atoms with van der Waals surface area (Å²) in [6.07, 6.45) is 1.63. The normalized spacial score (nSPS) is 11.9. The molecule has 2 heterocycles. The summed E-state index contributed by atoms with van der Waals surface area (Å²) in [6, 6.07) is 1.50. The van der Waals surface area contributed by atoms with Crippen molar-refractivity contribution < 1.29 is 12.8 Å². The molecular weight excluding hydrogens is 354 g/mol. The van der Waals surface area contributed by atoms with E-state index in [0.717, 1.165) is 4.88 Å². The average Bonchev–Trinajstić information content (AvgIpc) is 2.97. The molecule has 0 saturated heterocycles. The Bertz CT molecular complexity index is 637. The Hall–Kier alpha value is -0.740. The molecule has 9 heteroatoms. The Morgan fingerprint density at radius 3 is 2.89 bits per heavy atom. The Kier molecular flexibility index (Phi) is 4.74. The van der Waals surface area contributed by atoms with E-state index in [-0.39, 0.29) is 16.1 Å². The van der Waals surface area contributed by atoms with Crippen LogP contribution in [0.4, 0.5) is 0 Å². The number of thiazole rings is 1. The molecular formula is C10H12BrN3O3S2. The van der Waals surface area contributed by atoms with E-state index in [4.69, 9.17) is 4.42 Å². The third-order valence-electron chi connectivity index (χ3n) is 2.27. The van der Waals surface area contributed by atoms with Crippen molar-refractivity contribution in [3.8, 4) is 0 Å². The van der Waals surface area contributed by atoms with Crippen LogP contribution in [-0.2, 0) is 23.1 Å². The monoisotopic (exact) mass is 365 g/mol. The van der Waals surface area contributed by atoms with Gasteiger partial charge in [0.15, 0.2) is 4.67 Å². The van der Waals surface area contributed by atoms with E-state index < -0.39 is 10.0 Å². The molecule has 2 rings (SSSR count). The molecule has 104 valence electrons. The predicted octanol–water partition coefficient (Wildman–Crippen LogP) is 1.70. The maximum Gasteiger partial charge on any atom is 0.245 e. The van der Waals surface area contributed by atoms with E-state index in [1.807, 2.05) is 0 Å². The molecule has 0 saturated carbocycles. The molecule has 0 fully saturated rings. The standard InChI is InChI=1S/C10H12BrN3O3S2/c1-12-3-7-2-9(10(11)17-7)19(15,16)14-5-8-4-13-6-18-8/h2,4,6,12,14H,3,5H2,1H3. The van der Waals surface area contributed by atoms with Gasteiger partial charge in [0.2, 0.25) is 10.0 Å². The number of hydrogen-bond donors (Lipinski definition) is 2. The second-order valence-corrected chi connectivity index (χ2v) is 7.10.